The van der Waals surface area contributed by atoms with Crippen molar-refractivity contribution in [3.8, 4) is 0 Å². The maximum Gasteiger partial charge on any atom is 0.412 e. The SMILES string of the molecule is CCCCCCCO[C@H]1O[C@H](C(CN2CCCC2)OC(=O)Nc2ccc(C)cc2)[C@@H]2OC(C)(C)O[C@H]12. The van der Waals surface area contributed by atoms with Crippen LogP contribution in [-0.2, 0) is 23.7 Å². The van der Waals surface area contributed by atoms with Gasteiger partial charge in [0.2, 0.25) is 0 Å². The number of aryl methyl sites for hydroxylation is 1. The fourth-order valence-electron chi connectivity index (χ4n) is 5.28. The third-order valence-corrected chi connectivity index (χ3v) is 7.14. The zero-order chi connectivity index (χ0) is 25.5. The summed E-state index contributed by atoms with van der Waals surface area (Å²) in [6, 6.07) is 7.65. The molecule has 8 nitrogen and oxygen atoms in total. The van der Waals surface area contributed by atoms with E-state index in [0.29, 0.717) is 18.8 Å². The molecular weight excluding hydrogens is 460 g/mol. The molecule has 1 aromatic rings. The molecule has 3 aliphatic rings. The number of hydrogen-bond donors (Lipinski definition) is 1. The van der Waals surface area contributed by atoms with Gasteiger partial charge in [0.05, 0.1) is 0 Å². The predicted octanol–water partition coefficient (Wildman–Crippen LogP) is 5.24. The molecule has 5 atom stereocenters. The van der Waals surface area contributed by atoms with Gasteiger partial charge in [-0.1, -0.05) is 50.3 Å². The first-order valence-corrected chi connectivity index (χ1v) is 13.7. The van der Waals surface area contributed by atoms with Crippen molar-refractivity contribution in [2.24, 2.45) is 0 Å². The number of likely N-dealkylation sites (tertiary alicyclic amines) is 1. The van der Waals surface area contributed by atoms with E-state index >= 15 is 0 Å². The van der Waals surface area contributed by atoms with Crippen LogP contribution in [0.3, 0.4) is 0 Å². The van der Waals surface area contributed by atoms with E-state index in [4.69, 9.17) is 23.7 Å². The van der Waals surface area contributed by atoms with Gasteiger partial charge in [0.15, 0.2) is 12.1 Å². The van der Waals surface area contributed by atoms with Crippen LogP contribution in [0, 0.1) is 6.92 Å². The van der Waals surface area contributed by atoms with Gasteiger partial charge in [-0.2, -0.15) is 0 Å². The van der Waals surface area contributed by atoms with Gasteiger partial charge in [-0.3, -0.25) is 10.2 Å². The smallest absolute Gasteiger partial charge is 0.412 e. The monoisotopic (exact) mass is 504 g/mol. The molecule has 0 spiro atoms. The summed E-state index contributed by atoms with van der Waals surface area (Å²) in [5.41, 5.74) is 1.82. The predicted molar refractivity (Wildman–Crippen MR) is 138 cm³/mol. The van der Waals surface area contributed by atoms with Crippen LogP contribution >= 0.6 is 0 Å². The van der Waals surface area contributed by atoms with E-state index in [1.807, 2.05) is 45.0 Å². The molecule has 0 saturated carbocycles. The summed E-state index contributed by atoms with van der Waals surface area (Å²) in [5.74, 6) is -0.748. The minimum absolute atomic E-state index is 0.356. The van der Waals surface area contributed by atoms with Crippen molar-refractivity contribution >= 4 is 11.8 Å². The van der Waals surface area contributed by atoms with E-state index in [9.17, 15) is 4.79 Å². The van der Waals surface area contributed by atoms with E-state index in [1.165, 1.54) is 19.3 Å². The number of unbranched alkanes of at least 4 members (excludes halogenated alkanes) is 4. The molecule has 3 fully saturated rings. The molecule has 3 saturated heterocycles. The first-order valence-electron chi connectivity index (χ1n) is 13.7. The van der Waals surface area contributed by atoms with Crippen molar-refractivity contribution in [3.05, 3.63) is 29.8 Å². The summed E-state index contributed by atoms with van der Waals surface area (Å²) < 4.78 is 31.0. The summed E-state index contributed by atoms with van der Waals surface area (Å²) in [5, 5.41) is 2.86. The van der Waals surface area contributed by atoms with Crippen LogP contribution in [0.15, 0.2) is 24.3 Å². The Balaban J connectivity index is 1.42. The van der Waals surface area contributed by atoms with Crippen LogP contribution in [0.1, 0.15) is 71.3 Å². The fourth-order valence-corrected chi connectivity index (χ4v) is 5.28. The molecule has 0 aliphatic carbocycles. The van der Waals surface area contributed by atoms with Crippen LogP contribution in [-0.4, -0.2) is 73.7 Å². The Bertz CT molecular complexity index is 826. The molecule has 8 heteroatoms. The highest BCUT2D eigenvalue weighted by Crippen LogP contribution is 2.41. The number of carbonyl (C=O) groups is 1. The zero-order valence-electron chi connectivity index (χ0n) is 22.4. The van der Waals surface area contributed by atoms with Crippen molar-refractivity contribution < 1.29 is 28.5 Å². The average molecular weight is 505 g/mol. The number of nitrogens with one attached hydrogen (secondary N) is 1. The highest BCUT2D eigenvalue weighted by molar-refractivity contribution is 5.84. The minimum atomic E-state index is -0.748. The topological polar surface area (TPSA) is 78.5 Å². The second-order valence-corrected chi connectivity index (χ2v) is 10.8. The Morgan fingerprint density at radius 1 is 1.08 bits per heavy atom. The first kappa shape index (κ1) is 27.3. The lowest BCUT2D eigenvalue weighted by Gasteiger charge is -2.31. The summed E-state index contributed by atoms with van der Waals surface area (Å²) in [6.07, 6.45) is 5.34. The average Bonchev–Trinajstić information content (AvgIpc) is 3.53. The lowest BCUT2D eigenvalue weighted by molar-refractivity contribution is -0.243. The lowest BCUT2D eigenvalue weighted by atomic mass is 10.1. The fraction of sp³-hybridized carbons (Fsp3) is 0.750. The number of nitrogens with zero attached hydrogens (tertiary/aromatic N) is 1. The van der Waals surface area contributed by atoms with Gasteiger partial charge >= 0.3 is 6.09 Å². The Kier molecular flexibility index (Phi) is 9.64. The Hall–Kier alpha value is -1.71. The Morgan fingerprint density at radius 3 is 2.50 bits per heavy atom. The van der Waals surface area contributed by atoms with Gasteiger partial charge in [0.25, 0.3) is 0 Å². The zero-order valence-corrected chi connectivity index (χ0v) is 22.4. The molecule has 1 unspecified atom stereocenters. The van der Waals surface area contributed by atoms with Gasteiger partial charge in [-0.25, -0.2) is 4.79 Å². The van der Waals surface area contributed by atoms with Gasteiger partial charge in [0.1, 0.15) is 24.4 Å². The van der Waals surface area contributed by atoms with Crippen molar-refractivity contribution in [3.63, 3.8) is 0 Å². The molecule has 1 amide bonds. The number of fused-ring (bicyclic) bond motifs is 1. The van der Waals surface area contributed by atoms with Crippen LogP contribution in [0.5, 0.6) is 0 Å². The molecule has 4 rings (SSSR count). The summed E-state index contributed by atoms with van der Waals surface area (Å²) in [6.45, 7) is 11.2. The number of hydrogen-bond acceptors (Lipinski definition) is 7. The summed E-state index contributed by atoms with van der Waals surface area (Å²) >= 11 is 0. The second kappa shape index (κ2) is 12.7. The normalized spacial score (nSPS) is 28.2. The highest BCUT2D eigenvalue weighted by Gasteiger charge is 2.58. The molecule has 3 aliphatic heterocycles. The third kappa shape index (κ3) is 7.42. The van der Waals surface area contributed by atoms with Crippen LogP contribution in [0.2, 0.25) is 0 Å². The molecular formula is C28H44N2O6. The van der Waals surface area contributed by atoms with Crippen LogP contribution in [0.4, 0.5) is 10.5 Å². The standard InChI is InChI=1S/C28H44N2O6/c1-5-6-7-8-11-18-32-26-25-24(35-28(3,4)36-25)23(34-26)22(19-30-16-9-10-17-30)33-27(31)29-21-14-12-20(2)13-15-21/h12-15,22-26H,5-11,16-19H2,1-4H3,(H,29,31)/t22?,23-,24+,25+,26+/m1/s1. The lowest BCUT2D eigenvalue weighted by Crippen LogP contribution is -2.47. The third-order valence-electron chi connectivity index (χ3n) is 7.14. The minimum Gasteiger partial charge on any atom is -0.442 e. The Morgan fingerprint density at radius 2 is 1.78 bits per heavy atom. The quantitative estimate of drug-likeness (QED) is 0.390. The molecule has 1 aromatic carbocycles. The number of anilines is 1. The van der Waals surface area contributed by atoms with Gasteiger partial charge < -0.3 is 23.7 Å². The Labute approximate surface area is 215 Å². The number of ether oxygens (including phenoxy) is 5. The van der Waals surface area contributed by atoms with Crippen molar-refractivity contribution in [1.82, 2.24) is 4.90 Å². The van der Waals surface area contributed by atoms with Crippen LogP contribution in [0.25, 0.3) is 0 Å². The molecule has 36 heavy (non-hydrogen) atoms. The molecule has 0 aromatic heterocycles. The van der Waals surface area contributed by atoms with Crippen molar-refractivity contribution in [2.45, 2.75) is 109 Å². The first-order chi connectivity index (χ1) is 17.3. The van der Waals surface area contributed by atoms with E-state index in [-0.39, 0.29) is 12.2 Å². The van der Waals surface area contributed by atoms with Crippen molar-refractivity contribution in [1.29, 1.82) is 0 Å². The van der Waals surface area contributed by atoms with Crippen LogP contribution < -0.4 is 5.32 Å². The van der Waals surface area contributed by atoms with Gasteiger partial charge in [-0.15, -0.1) is 0 Å². The summed E-state index contributed by atoms with van der Waals surface area (Å²) in [7, 11) is 0. The van der Waals surface area contributed by atoms with Crippen molar-refractivity contribution in [2.75, 3.05) is 31.6 Å². The number of rotatable bonds is 12. The van der Waals surface area contributed by atoms with E-state index in [1.54, 1.807) is 0 Å². The van der Waals surface area contributed by atoms with Gasteiger partial charge in [0, 0.05) is 18.8 Å². The molecule has 3 heterocycles. The largest absolute Gasteiger partial charge is 0.442 e. The molecule has 0 bridgehead atoms. The molecule has 0 radical (unpaired) electrons. The second-order valence-electron chi connectivity index (χ2n) is 10.8. The summed E-state index contributed by atoms with van der Waals surface area (Å²) in [4.78, 5) is 15.3. The maximum absolute atomic E-state index is 12.9. The van der Waals surface area contributed by atoms with E-state index < -0.39 is 30.4 Å². The number of amides is 1. The molecule has 202 valence electrons. The number of carbonyl (C=O) groups excluding carboxylic acids is 1. The highest BCUT2D eigenvalue weighted by atomic mass is 16.8. The maximum atomic E-state index is 12.9. The van der Waals surface area contributed by atoms with E-state index in [2.05, 4.69) is 17.1 Å². The van der Waals surface area contributed by atoms with Gasteiger partial charge in [-0.05, 0) is 65.3 Å². The molecule has 1 N–H and O–H groups in total. The van der Waals surface area contributed by atoms with E-state index in [0.717, 1.165) is 44.3 Å². The number of benzene rings is 1.